The fraction of sp³-hybridized carbons (Fsp3) is 0.435. The minimum absolute atomic E-state index is 0.156. The first-order valence-corrected chi connectivity index (χ1v) is 12.5. The Hall–Kier alpha value is -2.58. The van der Waals surface area contributed by atoms with Gasteiger partial charge in [0.2, 0.25) is 10.0 Å². The molecule has 1 saturated heterocycles. The second-order valence-corrected chi connectivity index (χ2v) is 10.4. The van der Waals surface area contributed by atoms with Crippen LogP contribution in [0.25, 0.3) is 0 Å². The van der Waals surface area contributed by atoms with Crippen LogP contribution in [-0.2, 0) is 10.0 Å². The number of sulfonamides is 1. The number of carbonyl (C=O) groups excluding carboxylic acids is 1. The molecule has 0 unspecified atom stereocenters. The lowest BCUT2D eigenvalue weighted by atomic mass is 9.95. The number of para-hydroxylation sites is 2. The molecule has 164 valence electrons. The molecule has 2 heterocycles. The number of anilines is 2. The molecular weight excluding hydrogens is 414 g/mol. The summed E-state index contributed by atoms with van der Waals surface area (Å²) in [6.45, 7) is 1.02. The standard InChI is InChI=1S/C23H27N3O4S/c27-23-17-14-22(31(28,29)26-12-6-7-13-26)19(24-16-8-2-1-3-9-16)15-21(17)30-20-11-5-4-10-18(20)25-23/h4-5,10-11,14-16,24H,1-3,6-9,12-13H2,(H,25,27). The van der Waals surface area contributed by atoms with Crippen molar-refractivity contribution in [3.05, 3.63) is 42.0 Å². The van der Waals surface area contributed by atoms with Crippen LogP contribution in [0.1, 0.15) is 55.3 Å². The largest absolute Gasteiger partial charge is 0.454 e. The van der Waals surface area contributed by atoms with Crippen molar-refractivity contribution in [2.24, 2.45) is 0 Å². The number of fused-ring (bicyclic) bond motifs is 2. The van der Waals surface area contributed by atoms with Gasteiger partial charge in [-0.2, -0.15) is 4.31 Å². The van der Waals surface area contributed by atoms with Gasteiger partial charge in [-0.25, -0.2) is 8.42 Å². The van der Waals surface area contributed by atoms with Crippen LogP contribution in [0.2, 0.25) is 0 Å². The summed E-state index contributed by atoms with van der Waals surface area (Å²) in [5.74, 6) is 0.525. The number of hydrogen-bond donors (Lipinski definition) is 2. The first-order chi connectivity index (χ1) is 15.0. The third-order valence-corrected chi connectivity index (χ3v) is 8.27. The Kier molecular flexibility index (Phi) is 5.35. The first kappa shape index (κ1) is 20.3. The Labute approximate surface area is 182 Å². The minimum Gasteiger partial charge on any atom is -0.454 e. The highest BCUT2D eigenvalue weighted by atomic mass is 32.2. The van der Waals surface area contributed by atoms with Crippen molar-refractivity contribution >= 4 is 27.3 Å². The average molecular weight is 442 g/mol. The Morgan fingerprint density at radius 2 is 1.71 bits per heavy atom. The van der Waals surface area contributed by atoms with Crippen molar-refractivity contribution < 1.29 is 17.9 Å². The summed E-state index contributed by atoms with van der Waals surface area (Å²) in [6.07, 6.45) is 7.19. The van der Waals surface area contributed by atoms with Crippen LogP contribution in [0.4, 0.5) is 11.4 Å². The van der Waals surface area contributed by atoms with E-state index >= 15 is 0 Å². The molecule has 5 rings (SSSR count). The highest BCUT2D eigenvalue weighted by Crippen LogP contribution is 2.40. The third kappa shape index (κ3) is 3.90. The number of nitrogens with one attached hydrogen (secondary N) is 2. The van der Waals surface area contributed by atoms with Gasteiger partial charge in [0.15, 0.2) is 5.75 Å². The van der Waals surface area contributed by atoms with Gasteiger partial charge in [-0.1, -0.05) is 31.4 Å². The van der Waals surface area contributed by atoms with Crippen molar-refractivity contribution in [1.29, 1.82) is 0 Å². The zero-order chi connectivity index (χ0) is 21.4. The Morgan fingerprint density at radius 1 is 0.968 bits per heavy atom. The maximum Gasteiger partial charge on any atom is 0.259 e. The van der Waals surface area contributed by atoms with E-state index in [9.17, 15) is 13.2 Å². The number of hydrogen-bond acceptors (Lipinski definition) is 5. The highest BCUT2D eigenvalue weighted by Gasteiger charge is 2.33. The zero-order valence-electron chi connectivity index (χ0n) is 17.4. The average Bonchev–Trinajstić information content (AvgIpc) is 3.27. The number of rotatable bonds is 4. The second kappa shape index (κ2) is 8.16. The maximum atomic E-state index is 13.5. The van der Waals surface area contributed by atoms with Gasteiger partial charge in [-0.15, -0.1) is 0 Å². The van der Waals surface area contributed by atoms with E-state index in [-0.39, 0.29) is 22.4 Å². The molecule has 2 aliphatic heterocycles. The molecule has 2 fully saturated rings. The molecule has 0 bridgehead atoms. The molecule has 2 N–H and O–H groups in total. The summed E-state index contributed by atoms with van der Waals surface area (Å²) in [4.78, 5) is 13.1. The number of carbonyl (C=O) groups is 1. The van der Waals surface area contributed by atoms with E-state index in [1.54, 1.807) is 18.2 Å². The smallest absolute Gasteiger partial charge is 0.259 e. The quantitative estimate of drug-likeness (QED) is 0.725. The van der Waals surface area contributed by atoms with Crippen molar-refractivity contribution in [3.63, 3.8) is 0 Å². The normalized spacial score (nSPS) is 19.7. The molecular formula is C23H27N3O4S. The van der Waals surface area contributed by atoms with Gasteiger partial charge in [0.1, 0.15) is 10.6 Å². The molecule has 7 nitrogen and oxygen atoms in total. The molecule has 31 heavy (non-hydrogen) atoms. The summed E-state index contributed by atoms with van der Waals surface area (Å²) in [5.41, 5.74) is 1.31. The van der Waals surface area contributed by atoms with Crippen LogP contribution in [-0.4, -0.2) is 37.8 Å². The molecule has 3 aliphatic rings. The van der Waals surface area contributed by atoms with Crippen LogP contribution in [0.3, 0.4) is 0 Å². The van der Waals surface area contributed by atoms with Crippen LogP contribution in [0.5, 0.6) is 11.5 Å². The molecule has 0 spiro atoms. The summed E-state index contributed by atoms with van der Waals surface area (Å²) in [5, 5.41) is 6.31. The summed E-state index contributed by atoms with van der Waals surface area (Å²) >= 11 is 0. The van der Waals surface area contributed by atoms with Crippen molar-refractivity contribution in [1.82, 2.24) is 4.31 Å². The van der Waals surface area contributed by atoms with E-state index in [0.29, 0.717) is 36.0 Å². The summed E-state index contributed by atoms with van der Waals surface area (Å²) in [6, 6.07) is 10.6. The fourth-order valence-corrected chi connectivity index (χ4v) is 6.33. The number of benzene rings is 2. The molecule has 2 aromatic carbocycles. The second-order valence-electron chi connectivity index (χ2n) is 8.49. The summed E-state index contributed by atoms with van der Waals surface area (Å²) in [7, 11) is -3.72. The molecule has 0 radical (unpaired) electrons. The minimum atomic E-state index is -3.72. The molecule has 1 aliphatic carbocycles. The van der Waals surface area contributed by atoms with Gasteiger partial charge in [0.25, 0.3) is 5.91 Å². The molecule has 2 aromatic rings. The Morgan fingerprint density at radius 3 is 2.48 bits per heavy atom. The monoisotopic (exact) mass is 441 g/mol. The van der Waals surface area contributed by atoms with E-state index in [1.807, 2.05) is 12.1 Å². The van der Waals surface area contributed by atoms with E-state index in [0.717, 1.165) is 38.5 Å². The van der Waals surface area contributed by atoms with Gasteiger partial charge in [-0.05, 0) is 43.9 Å². The van der Waals surface area contributed by atoms with Crippen molar-refractivity contribution in [2.45, 2.75) is 55.9 Å². The Balaban J connectivity index is 1.61. The fourth-order valence-electron chi connectivity index (χ4n) is 4.65. The molecule has 1 saturated carbocycles. The lowest BCUT2D eigenvalue weighted by Gasteiger charge is -2.27. The predicted molar refractivity (Wildman–Crippen MR) is 119 cm³/mol. The van der Waals surface area contributed by atoms with Gasteiger partial charge in [0, 0.05) is 25.2 Å². The van der Waals surface area contributed by atoms with Gasteiger partial charge < -0.3 is 15.4 Å². The van der Waals surface area contributed by atoms with Gasteiger partial charge in [0.05, 0.1) is 16.9 Å². The van der Waals surface area contributed by atoms with Crippen LogP contribution >= 0.6 is 0 Å². The number of amides is 1. The predicted octanol–water partition coefficient (Wildman–Crippen LogP) is 4.57. The number of nitrogens with zero attached hydrogens (tertiary/aromatic N) is 1. The van der Waals surface area contributed by atoms with E-state index in [1.165, 1.54) is 16.8 Å². The third-order valence-electron chi connectivity index (χ3n) is 6.33. The molecule has 0 aromatic heterocycles. The molecule has 8 heteroatoms. The Bertz CT molecular complexity index is 1100. The SMILES string of the molecule is O=C1Nc2ccccc2Oc2cc(NC3CCCCC3)c(S(=O)(=O)N3CCCC3)cc21. The van der Waals surface area contributed by atoms with Gasteiger partial charge >= 0.3 is 0 Å². The summed E-state index contributed by atoms with van der Waals surface area (Å²) < 4.78 is 34.6. The van der Waals surface area contributed by atoms with Crippen LogP contribution in [0.15, 0.2) is 41.3 Å². The molecule has 0 atom stereocenters. The lowest BCUT2D eigenvalue weighted by Crippen LogP contribution is -2.30. The van der Waals surface area contributed by atoms with Crippen molar-refractivity contribution in [3.8, 4) is 11.5 Å². The topological polar surface area (TPSA) is 87.7 Å². The first-order valence-electron chi connectivity index (χ1n) is 11.1. The van der Waals surface area contributed by atoms with Crippen molar-refractivity contribution in [2.75, 3.05) is 23.7 Å². The van der Waals surface area contributed by atoms with Crippen LogP contribution < -0.4 is 15.4 Å². The van der Waals surface area contributed by atoms with Crippen LogP contribution in [0, 0.1) is 0 Å². The number of ether oxygens (including phenoxy) is 1. The van der Waals surface area contributed by atoms with Gasteiger partial charge in [-0.3, -0.25) is 4.79 Å². The van der Waals surface area contributed by atoms with E-state index < -0.39 is 10.0 Å². The molecule has 1 amide bonds. The zero-order valence-corrected chi connectivity index (χ0v) is 18.2. The van der Waals surface area contributed by atoms with E-state index in [2.05, 4.69) is 10.6 Å². The maximum absolute atomic E-state index is 13.5. The van der Waals surface area contributed by atoms with E-state index in [4.69, 9.17) is 4.74 Å². The highest BCUT2D eigenvalue weighted by molar-refractivity contribution is 7.89. The lowest BCUT2D eigenvalue weighted by molar-refractivity contribution is 0.102.